The van der Waals surface area contributed by atoms with Gasteiger partial charge in [-0.15, -0.1) is 0 Å². The predicted octanol–water partition coefficient (Wildman–Crippen LogP) is 3.73. The van der Waals surface area contributed by atoms with Crippen LogP contribution in [-0.4, -0.2) is 30.7 Å². The van der Waals surface area contributed by atoms with Crippen LogP contribution in [0.25, 0.3) is 0 Å². The normalized spacial score (nSPS) is 11.2. The topological polar surface area (TPSA) is 45.5 Å². The zero-order valence-corrected chi connectivity index (χ0v) is 14.4. The lowest BCUT2D eigenvalue weighted by Gasteiger charge is -2.14. The number of hydrogen-bond acceptors (Lipinski definition) is 4. The van der Waals surface area contributed by atoms with Gasteiger partial charge in [-0.25, -0.2) is 0 Å². The smallest absolute Gasteiger partial charge is 0.287 e. The molecule has 1 aromatic heterocycles. The first-order chi connectivity index (χ1) is 11.5. The molecule has 1 N–H and O–H groups in total. The molecule has 0 aliphatic rings. The summed E-state index contributed by atoms with van der Waals surface area (Å²) in [5.41, 5.74) is 2.16. The van der Waals surface area contributed by atoms with Crippen LogP contribution in [0.15, 0.2) is 40.8 Å². The lowest BCUT2D eigenvalue weighted by Crippen LogP contribution is -2.23. The molecule has 0 radical (unpaired) electrons. The maximum atomic E-state index is 12.2. The minimum atomic E-state index is -2.46. The number of halogens is 2. The molecule has 1 heterocycles. The quantitative estimate of drug-likeness (QED) is 0.785. The van der Waals surface area contributed by atoms with Crippen molar-refractivity contribution in [2.24, 2.45) is 0 Å². The predicted molar refractivity (Wildman–Crippen MR) is 91.0 cm³/mol. The van der Waals surface area contributed by atoms with E-state index in [1.165, 1.54) is 6.07 Å². The Hall–Kier alpha value is -1.86. The van der Waals surface area contributed by atoms with E-state index >= 15 is 0 Å². The molecule has 0 aliphatic carbocycles. The number of nitrogens with one attached hydrogen (secondary N) is 1. The fourth-order valence-electron chi connectivity index (χ4n) is 2.21. The SMILES string of the molecule is CN(C)Cc1ccccc1CNC(=O)c1ccc(CSC(F)F)o1. The van der Waals surface area contributed by atoms with E-state index in [-0.39, 0.29) is 17.4 Å². The van der Waals surface area contributed by atoms with Gasteiger partial charge < -0.3 is 14.6 Å². The summed E-state index contributed by atoms with van der Waals surface area (Å²) in [5, 5.41) is 2.80. The number of alkyl halides is 2. The van der Waals surface area contributed by atoms with Crippen molar-refractivity contribution in [3.05, 3.63) is 59.0 Å². The fraction of sp³-hybridized carbons (Fsp3) is 0.353. The second-order valence-electron chi connectivity index (χ2n) is 5.53. The van der Waals surface area contributed by atoms with E-state index < -0.39 is 5.76 Å². The number of rotatable bonds is 8. The van der Waals surface area contributed by atoms with Gasteiger partial charge in [0.15, 0.2) is 5.76 Å². The molecule has 1 amide bonds. The third-order valence-corrected chi connectivity index (χ3v) is 3.98. The van der Waals surface area contributed by atoms with Crippen LogP contribution in [0.3, 0.4) is 0 Å². The van der Waals surface area contributed by atoms with Crippen molar-refractivity contribution in [1.82, 2.24) is 10.2 Å². The molecule has 0 bridgehead atoms. The maximum absolute atomic E-state index is 12.2. The van der Waals surface area contributed by atoms with E-state index in [0.717, 1.165) is 17.7 Å². The van der Waals surface area contributed by atoms with E-state index in [4.69, 9.17) is 4.42 Å². The van der Waals surface area contributed by atoms with Gasteiger partial charge in [0.25, 0.3) is 11.7 Å². The van der Waals surface area contributed by atoms with Gasteiger partial charge in [-0.2, -0.15) is 8.78 Å². The highest BCUT2D eigenvalue weighted by molar-refractivity contribution is 7.98. The van der Waals surface area contributed by atoms with Gasteiger partial charge in [0.1, 0.15) is 5.76 Å². The van der Waals surface area contributed by atoms with Crippen molar-refractivity contribution in [3.8, 4) is 0 Å². The fourth-order valence-corrected chi connectivity index (χ4v) is 2.66. The number of thioether (sulfide) groups is 1. The Bertz CT molecular complexity index is 674. The van der Waals surface area contributed by atoms with Gasteiger partial charge in [0.05, 0.1) is 5.75 Å². The van der Waals surface area contributed by atoms with Crippen LogP contribution < -0.4 is 5.32 Å². The first-order valence-electron chi connectivity index (χ1n) is 7.44. The highest BCUT2D eigenvalue weighted by atomic mass is 32.2. The number of nitrogens with zero attached hydrogens (tertiary/aromatic N) is 1. The summed E-state index contributed by atoms with van der Waals surface area (Å²) in [6.45, 7) is 1.16. The van der Waals surface area contributed by atoms with Crippen molar-refractivity contribution >= 4 is 17.7 Å². The number of amides is 1. The van der Waals surface area contributed by atoms with E-state index in [1.807, 2.05) is 38.4 Å². The van der Waals surface area contributed by atoms with Crippen molar-refractivity contribution in [2.45, 2.75) is 24.6 Å². The number of benzene rings is 1. The van der Waals surface area contributed by atoms with Gasteiger partial charge in [-0.05, 0) is 37.4 Å². The zero-order chi connectivity index (χ0) is 17.5. The molecule has 2 aromatic rings. The van der Waals surface area contributed by atoms with Gasteiger partial charge in [-0.1, -0.05) is 36.0 Å². The number of hydrogen-bond donors (Lipinski definition) is 1. The molecule has 7 heteroatoms. The molecule has 4 nitrogen and oxygen atoms in total. The molecule has 0 unspecified atom stereocenters. The summed E-state index contributed by atoms with van der Waals surface area (Å²) in [6.07, 6.45) is 0. The first kappa shape index (κ1) is 18.5. The number of carbonyl (C=O) groups excluding carboxylic acids is 1. The summed E-state index contributed by atoms with van der Waals surface area (Å²) < 4.78 is 29.6. The van der Waals surface area contributed by atoms with Crippen LogP contribution in [0.4, 0.5) is 8.78 Å². The van der Waals surface area contributed by atoms with E-state index in [9.17, 15) is 13.6 Å². The zero-order valence-electron chi connectivity index (χ0n) is 13.6. The number of furan rings is 1. The monoisotopic (exact) mass is 354 g/mol. The highest BCUT2D eigenvalue weighted by Crippen LogP contribution is 2.21. The molecule has 0 saturated heterocycles. The van der Waals surface area contributed by atoms with E-state index in [0.29, 0.717) is 24.1 Å². The standard InChI is InChI=1S/C17H20F2N2O2S/c1-21(2)10-13-6-4-3-5-12(13)9-20-16(22)15-8-7-14(23-15)11-24-17(18)19/h3-8,17H,9-11H2,1-2H3,(H,20,22). The largest absolute Gasteiger partial charge is 0.455 e. The van der Waals surface area contributed by atoms with Gasteiger partial charge in [0, 0.05) is 13.1 Å². The summed E-state index contributed by atoms with van der Waals surface area (Å²) >= 11 is 0.464. The molecule has 24 heavy (non-hydrogen) atoms. The van der Waals surface area contributed by atoms with Crippen molar-refractivity contribution in [2.75, 3.05) is 14.1 Å². The number of carbonyl (C=O) groups is 1. The Morgan fingerprint density at radius 1 is 1.21 bits per heavy atom. The Morgan fingerprint density at radius 3 is 2.58 bits per heavy atom. The Morgan fingerprint density at radius 2 is 1.92 bits per heavy atom. The van der Waals surface area contributed by atoms with Gasteiger partial charge in [0.2, 0.25) is 0 Å². The summed E-state index contributed by atoms with van der Waals surface area (Å²) in [4.78, 5) is 14.2. The highest BCUT2D eigenvalue weighted by Gasteiger charge is 2.13. The van der Waals surface area contributed by atoms with Crippen LogP contribution in [0.5, 0.6) is 0 Å². The lowest BCUT2D eigenvalue weighted by molar-refractivity contribution is 0.0921. The molecule has 0 fully saturated rings. The van der Waals surface area contributed by atoms with E-state index in [2.05, 4.69) is 10.2 Å². The van der Waals surface area contributed by atoms with Crippen LogP contribution in [-0.2, 0) is 18.8 Å². The minimum absolute atomic E-state index is 0.0383. The van der Waals surface area contributed by atoms with Crippen LogP contribution >= 0.6 is 11.8 Å². The van der Waals surface area contributed by atoms with Crippen molar-refractivity contribution in [1.29, 1.82) is 0 Å². The lowest BCUT2D eigenvalue weighted by atomic mass is 10.1. The van der Waals surface area contributed by atoms with Crippen molar-refractivity contribution < 1.29 is 18.0 Å². The van der Waals surface area contributed by atoms with Crippen LogP contribution in [0, 0.1) is 0 Å². The van der Waals surface area contributed by atoms with Gasteiger partial charge >= 0.3 is 0 Å². The Balaban J connectivity index is 1.94. The molecule has 0 atom stereocenters. The average molecular weight is 354 g/mol. The molecule has 1 aromatic carbocycles. The molecule has 0 aliphatic heterocycles. The van der Waals surface area contributed by atoms with Crippen LogP contribution in [0.1, 0.15) is 27.4 Å². The molecular weight excluding hydrogens is 334 g/mol. The molecule has 0 spiro atoms. The summed E-state index contributed by atoms with van der Waals surface area (Å²) in [7, 11) is 3.97. The molecule has 2 rings (SSSR count). The second kappa shape index (κ2) is 8.84. The van der Waals surface area contributed by atoms with Gasteiger partial charge in [-0.3, -0.25) is 4.79 Å². The first-order valence-corrected chi connectivity index (χ1v) is 8.48. The molecule has 130 valence electrons. The third-order valence-electron chi connectivity index (χ3n) is 3.28. The van der Waals surface area contributed by atoms with E-state index in [1.54, 1.807) is 6.07 Å². The summed E-state index contributed by atoms with van der Waals surface area (Å²) in [6, 6.07) is 10.9. The summed E-state index contributed by atoms with van der Waals surface area (Å²) in [5.74, 6) is -2.29. The molecule has 0 saturated carbocycles. The Labute approximate surface area is 144 Å². The average Bonchev–Trinajstić information content (AvgIpc) is 3.00. The molecular formula is C17H20F2N2O2S. The van der Waals surface area contributed by atoms with Crippen LogP contribution in [0.2, 0.25) is 0 Å². The minimum Gasteiger partial charge on any atom is -0.455 e. The second-order valence-corrected chi connectivity index (χ2v) is 6.51. The third kappa shape index (κ3) is 5.65. The van der Waals surface area contributed by atoms with Crippen molar-refractivity contribution in [3.63, 3.8) is 0 Å². The Kier molecular flexibility index (Phi) is 6.81. The maximum Gasteiger partial charge on any atom is 0.287 e.